The third kappa shape index (κ3) is 6.02. The van der Waals surface area contributed by atoms with Crippen LogP contribution < -0.4 is 10.2 Å². The minimum absolute atomic E-state index is 0.124. The number of carbonyl (C=O) groups is 1. The van der Waals surface area contributed by atoms with Gasteiger partial charge in [0, 0.05) is 25.8 Å². The number of nitrogens with one attached hydrogen (secondary N) is 1. The maximum atomic E-state index is 12.3. The number of piperidine rings is 1. The molecule has 6 nitrogen and oxygen atoms in total. The molecule has 28 heavy (non-hydrogen) atoms. The fourth-order valence-corrected chi connectivity index (χ4v) is 3.60. The number of carbonyl (C=O) groups excluding carboxylic acids is 1. The van der Waals surface area contributed by atoms with E-state index in [0.29, 0.717) is 24.1 Å². The summed E-state index contributed by atoms with van der Waals surface area (Å²) in [5, 5.41) is 2.94. The number of hydrogen-bond acceptors (Lipinski definition) is 5. The predicted octanol–water partition coefficient (Wildman–Crippen LogP) is 2.62. The molecule has 1 saturated heterocycles. The Bertz CT molecular complexity index is 742. The molecule has 1 aromatic heterocycles. The maximum absolute atomic E-state index is 12.3. The minimum Gasteiger partial charge on any atom is -0.351 e. The van der Waals surface area contributed by atoms with Crippen molar-refractivity contribution >= 4 is 11.9 Å². The number of hydrogen-bond donors (Lipinski definition) is 1. The zero-order valence-electron chi connectivity index (χ0n) is 17.0. The van der Waals surface area contributed by atoms with Crippen LogP contribution in [0.15, 0.2) is 42.6 Å². The van der Waals surface area contributed by atoms with E-state index >= 15 is 0 Å². The highest BCUT2D eigenvalue weighted by molar-refractivity contribution is 5.92. The van der Waals surface area contributed by atoms with Crippen molar-refractivity contribution in [2.75, 3.05) is 45.2 Å². The SMILES string of the molecule is CN(C)CCCNC(=O)c1ccnc(N2CCC(Cc3ccccc3)CC2)n1. The van der Waals surface area contributed by atoms with Crippen LogP contribution in [-0.4, -0.2) is 61.0 Å². The maximum Gasteiger partial charge on any atom is 0.270 e. The van der Waals surface area contributed by atoms with Crippen LogP contribution in [0.2, 0.25) is 0 Å². The normalized spacial score (nSPS) is 15.0. The van der Waals surface area contributed by atoms with Gasteiger partial charge < -0.3 is 15.1 Å². The average Bonchev–Trinajstić information content (AvgIpc) is 2.72. The molecular formula is C22H31N5O. The van der Waals surface area contributed by atoms with Crippen molar-refractivity contribution < 1.29 is 4.79 Å². The molecule has 1 aliphatic rings. The van der Waals surface area contributed by atoms with E-state index in [1.807, 2.05) is 14.1 Å². The van der Waals surface area contributed by atoms with Crippen LogP contribution in [0, 0.1) is 5.92 Å². The van der Waals surface area contributed by atoms with E-state index in [2.05, 4.69) is 55.4 Å². The van der Waals surface area contributed by atoms with Gasteiger partial charge in [0.05, 0.1) is 0 Å². The first-order valence-electron chi connectivity index (χ1n) is 10.2. The minimum atomic E-state index is -0.124. The average molecular weight is 382 g/mol. The van der Waals surface area contributed by atoms with Crippen molar-refractivity contribution in [2.24, 2.45) is 5.92 Å². The van der Waals surface area contributed by atoms with E-state index in [1.165, 1.54) is 5.56 Å². The lowest BCUT2D eigenvalue weighted by Crippen LogP contribution is -2.36. The molecule has 1 fully saturated rings. The van der Waals surface area contributed by atoms with Crippen molar-refractivity contribution in [3.05, 3.63) is 53.9 Å². The Hall–Kier alpha value is -2.47. The highest BCUT2D eigenvalue weighted by Gasteiger charge is 2.22. The van der Waals surface area contributed by atoms with Gasteiger partial charge in [0.2, 0.25) is 5.95 Å². The van der Waals surface area contributed by atoms with E-state index in [-0.39, 0.29) is 5.91 Å². The third-order valence-corrected chi connectivity index (χ3v) is 5.21. The first kappa shape index (κ1) is 20.3. The Kier molecular flexibility index (Phi) is 7.37. The molecule has 1 aromatic carbocycles. The highest BCUT2D eigenvalue weighted by atomic mass is 16.1. The molecule has 3 rings (SSSR count). The van der Waals surface area contributed by atoms with Crippen molar-refractivity contribution in [3.8, 4) is 0 Å². The third-order valence-electron chi connectivity index (χ3n) is 5.21. The lowest BCUT2D eigenvalue weighted by atomic mass is 9.90. The number of aromatic nitrogens is 2. The van der Waals surface area contributed by atoms with Crippen LogP contribution >= 0.6 is 0 Å². The van der Waals surface area contributed by atoms with Gasteiger partial charge in [-0.15, -0.1) is 0 Å². The fraction of sp³-hybridized carbons (Fsp3) is 0.500. The van der Waals surface area contributed by atoms with Gasteiger partial charge in [0.1, 0.15) is 5.69 Å². The van der Waals surface area contributed by atoms with Crippen LogP contribution in [0.3, 0.4) is 0 Å². The summed E-state index contributed by atoms with van der Waals surface area (Å²) in [6, 6.07) is 12.4. The Morgan fingerprint density at radius 3 is 2.64 bits per heavy atom. The zero-order valence-corrected chi connectivity index (χ0v) is 17.0. The van der Waals surface area contributed by atoms with Gasteiger partial charge >= 0.3 is 0 Å². The van der Waals surface area contributed by atoms with E-state index < -0.39 is 0 Å². The predicted molar refractivity (Wildman–Crippen MR) is 113 cm³/mol. The summed E-state index contributed by atoms with van der Waals surface area (Å²) in [6.45, 7) is 3.48. The van der Waals surface area contributed by atoms with Crippen LogP contribution in [0.5, 0.6) is 0 Å². The largest absolute Gasteiger partial charge is 0.351 e. The summed E-state index contributed by atoms with van der Waals surface area (Å²) in [7, 11) is 4.06. The molecule has 2 heterocycles. The molecule has 0 radical (unpaired) electrons. The summed E-state index contributed by atoms with van der Waals surface area (Å²) in [5.41, 5.74) is 1.85. The van der Waals surface area contributed by atoms with Gasteiger partial charge in [-0.3, -0.25) is 4.79 Å². The number of anilines is 1. The Balaban J connectivity index is 1.49. The molecule has 6 heteroatoms. The molecule has 150 valence electrons. The summed E-state index contributed by atoms with van der Waals surface area (Å²) in [6.07, 6.45) is 5.99. The van der Waals surface area contributed by atoms with Crippen molar-refractivity contribution in [2.45, 2.75) is 25.7 Å². The number of benzene rings is 1. The second kappa shape index (κ2) is 10.2. The lowest BCUT2D eigenvalue weighted by Gasteiger charge is -2.32. The van der Waals surface area contributed by atoms with Crippen LogP contribution in [0.25, 0.3) is 0 Å². The van der Waals surface area contributed by atoms with E-state index in [9.17, 15) is 4.79 Å². The molecule has 0 bridgehead atoms. The van der Waals surface area contributed by atoms with Gasteiger partial charge in [0.25, 0.3) is 5.91 Å². The van der Waals surface area contributed by atoms with Gasteiger partial charge in [-0.2, -0.15) is 0 Å². The Labute approximate surface area is 168 Å². The molecule has 1 N–H and O–H groups in total. The van der Waals surface area contributed by atoms with E-state index in [0.717, 1.165) is 45.3 Å². The number of amides is 1. The molecule has 0 spiro atoms. The quantitative estimate of drug-likeness (QED) is 0.712. The van der Waals surface area contributed by atoms with Crippen molar-refractivity contribution in [1.29, 1.82) is 0 Å². The van der Waals surface area contributed by atoms with Crippen LogP contribution in [0.4, 0.5) is 5.95 Å². The van der Waals surface area contributed by atoms with E-state index in [4.69, 9.17) is 0 Å². The van der Waals surface area contributed by atoms with Gasteiger partial charge in [-0.05, 0) is 63.9 Å². The molecule has 0 aliphatic carbocycles. The topological polar surface area (TPSA) is 61.4 Å². The standard InChI is InChI=1S/C22H31N5O/c1-26(2)14-6-12-23-21(28)20-9-13-24-22(25-20)27-15-10-19(11-16-27)17-18-7-4-3-5-8-18/h3-5,7-9,13,19H,6,10-12,14-17H2,1-2H3,(H,23,28). The second-order valence-electron chi connectivity index (χ2n) is 7.77. The summed E-state index contributed by atoms with van der Waals surface area (Å²) < 4.78 is 0. The fourth-order valence-electron chi connectivity index (χ4n) is 3.60. The summed E-state index contributed by atoms with van der Waals surface area (Å²) in [4.78, 5) is 25.6. The first-order chi connectivity index (χ1) is 13.6. The highest BCUT2D eigenvalue weighted by Crippen LogP contribution is 2.23. The second-order valence-corrected chi connectivity index (χ2v) is 7.77. The molecule has 1 aliphatic heterocycles. The molecule has 0 unspecified atom stereocenters. The molecule has 1 amide bonds. The van der Waals surface area contributed by atoms with Gasteiger partial charge in [-0.1, -0.05) is 30.3 Å². The number of nitrogens with zero attached hydrogens (tertiary/aromatic N) is 4. The van der Waals surface area contributed by atoms with Crippen LogP contribution in [0.1, 0.15) is 35.3 Å². The Morgan fingerprint density at radius 2 is 1.93 bits per heavy atom. The number of rotatable bonds is 8. The van der Waals surface area contributed by atoms with Crippen molar-refractivity contribution in [3.63, 3.8) is 0 Å². The Morgan fingerprint density at radius 1 is 1.18 bits per heavy atom. The molecule has 2 aromatic rings. The summed E-state index contributed by atoms with van der Waals surface area (Å²) >= 11 is 0. The van der Waals surface area contributed by atoms with Crippen molar-refractivity contribution in [1.82, 2.24) is 20.2 Å². The monoisotopic (exact) mass is 381 g/mol. The zero-order chi connectivity index (χ0) is 19.8. The first-order valence-corrected chi connectivity index (χ1v) is 10.2. The van der Waals surface area contributed by atoms with E-state index in [1.54, 1.807) is 12.3 Å². The molecule has 0 saturated carbocycles. The molecular weight excluding hydrogens is 350 g/mol. The molecule has 0 atom stereocenters. The summed E-state index contributed by atoms with van der Waals surface area (Å²) in [5.74, 6) is 1.24. The van der Waals surface area contributed by atoms with Crippen LogP contribution in [-0.2, 0) is 6.42 Å². The smallest absolute Gasteiger partial charge is 0.270 e. The van der Waals surface area contributed by atoms with Gasteiger partial charge in [0.15, 0.2) is 0 Å². The van der Waals surface area contributed by atoms with Gasteiger partial charge in [-0.25, -0.2) is 9.97 Å². The lowest BCUT2D eigenvalue weighted by molar-refractivity contribution is 0.0947.